The topological polar surface area (TPSA) is 63.2 Å². The molecule has 0 atom stereocenters. The Morgan fingerprint density at radius 2 is 1.86 bits per heavy atom. The predicted octanol–water partition coefficient (Wildman–Crippen LogP) is 3.54. The fourth-order valence-electron chi connectivity index (χ4n) is 2.28. The molecule has 1 aromatic rings. The number of amides is 1. The van der Waals surface area contributed by atoms with Crippen molar-refractivity contribution in [2.45, 2.75) is 57.9 Å². The molecule has 0 aromatic heterocycles. The van der Waals surface area contributed by atoms with Gasteiger partial charge in [-0.05, 0) is 57.4 Å². The third kappa shape index (κ3) is 4.71. The van der Waals surface area contributed by atoms with E-state index in [0.29, 0.717) is 11.1 Å². The number of carbonyl (C=O) groups is 1. The van der Waals surface area contributed by atoms with Crippen LogP contribution in [-0.2, 0) is 9.05 Å². The van der Waals surface area contributed by atoms with Crippen molar-refractivity contribution in [1.82, 2.24) is 5.32 Å². The molecule has 0 aliphatic heterocycles. The van der Waals surface area contributed by atoms with Crippen LogP contribution in [0.3, 0.4) is 0 Å². The first-order valence-electron chi connectivity index (χ1n) is 6.86. The summed E-state index contributed by atoms with van der Waals surface area (Å²) in [5, 5.41) is 2.92. The van der Waals surface area contributed by atoms with Crippen LogP contribution in [-0.4, -0.2) is 19.9 Å². The lowest BCUT2D eigenvalue weighted by molar-refractivity contribution is 0.0908. The molecule has 0 spiro atoms. The van der Waals surface area contributed by atoms with E-state index in [1.54, 1.807) is 19.9 Å². The largest absolute Gasteiger partial charge is 0.347 e. The highest BCUT2D eigenvalue weighted by atomic mass is 35.7. The van der Waals surface area contributed by atoms with Crippen LogP contribution in [0.4, 0.5) is 0 Å². The maximum Gasteiger partial charge on any atom is 0.261 e. The van der Waals surface area contributed by atoms with Gasteiger partial charge in [-0.2, -0.15) is 0 Å². The van der Waals surface area contributed by atoms with Gasteiger partial charge in [-0.15, -0.1) is 0 Å². The Balaban J connectivity index is 3.21. The molecule has 21 heavy (non-hydrogen) atoms. The normalized spacial score (nSPS) is 12.3. The Labute approximate surface area is 131 Å². The second-order valence-corrected chi connectivity index (χ2v) is 8.48. The van der Waals surface area contributed by atoms with E-state index in [0.717, 1.165) is 18.4 Å². The summed E-state index contributed by atoms with van der Waals surface area (Å²) in [6.45, 7) is 9.35. The molecule has 0 fully saturated rings. The number of carbonyl (C=O) groups excluding carboxylic acids is 1. The first-order valence-corrected chi connectivity index (χ1v) is 9.17. The second kappa shape index (κ2) is 6.36. The molecular formula is C15H22ClNO3S. The maximum absolute atomic E-state index is 12.3. The van der Waals surface area contributed by atoms with Crippen LogP contribution >= 0.6 is 10.7 Å². The van der Waals surface area contributed by atoms with Crippen LogP contribution in [0.25, 0.3) is 0 Å². The van der Waals surface area contributed by atoms with E-state index in [4.69, 9.17) is 10.7 Å². The zero-order valence-corrected chi connectivity index (χ0v) is 14.7. The Morgan fingerprint density at radius 1 is 1.29 bits per heavy atom. The van der Waals surface area contributed by atoms with Gasteiger partial charge in [-0.1, -0.05) is 13.3 Å². The molecule has 1 N–H and O–H groups in total. The summed E-state index contributed by atoms with van der Waals surface area (Å²) in [5.41, 5.74) is 1.25. The predicted molar refractivity (Wildman–Crippen MR) is 85.4 cm³/mol. The molecule has 4 nitrogen and oxygen atoms in total. The third-order valence-corrected chi connectivity index (χ3v) is 4.92. The smallest absolute Gasteiger partial charge is 0.261 e. The van der Waals surface area contributed by atoms with E-state index in [9.17, 15) is 13.2 Å². The fraction of sp³-hybridized carbons (Fsp3) is 0.533. The average molecular weight is 332 g/mol. The first kappa shape index (κ1) is 18.0. The number of aryl methyl sites for hydroxylation is 1. The lowest BCUT2D eigenvalue weighted by Crippen LogP contribution is -2.43. The summed E-state index contributed by atoms with van der Waals surface area (Å²) in [6.07, 6.45) is 1.78. The highest BCUT2D eigenvalue weighted by molar-refractivity contribution is 8.13. The van der Waals surface area contributed by atoms with Crippen LogP contribution in [0, 0.1) is 13.8 Å². The monoisotopic (exact) mass is 331 g/mol. The van der Waals surface area contributed by atoms with Gasteiger partial charge in [0.15, 0.2) is 0 Å². The molecule has 1 rings (SSSR count). The number of hydrogen-bond donors (Lipinski definition) is 1. The third-order valence-electron chi connectivity index (χ3n) is 3.47. The molecule has 0 aliphatic carbocycles. The van der Waals surface area contributed by atoms with E-state index < -0.39 is 9.05 Å². The minimum Gasteiger partial charge on any atom is -0.347 e. The zero-order valence-electron chi connectivity index (χ0n) is 13.1. The van der Waals surface area contributed by atoms with Crippen LogP contribution in [0.5, 0.6) is 0 Å². The minimum atomic E-state index is -3.87. The van der Waals surface area contributed by atoms with Crippen molar-refractivity contribution >= 4 is 25.6 Å². The van der Waals surface area contributed by atoms with E-state index in [-0.39, 0.29) is 16.3 Å². The highest BCUT2D eigenvalue weighted by Gasteiger charge is 2.23. The van der Waals surface area contributed by atoms with Gasteiger partial charge in [0.05, 0.1) is 4.90 Å². The minimum absolute atomic E-state index is 0.0115. The summed E-state index contributed by atoms with van der Waals surface area (Å²) in [6, 6.07) is 3.01. The summed E-state index contributed by atoms with van der Waals surface area (Å²) in [7, 11) is 1.56. The lowest BCUT2D eigenvalue weighted by Gasteiger charge is -2.26. The second-order valence-electron chi connectivity index (χ2n) is 5.94. The van der Waals surface area contributed by atoms with E-state index >= 15 is 0 Å². The van der Waals surface area contributed by atoms with Crippen molar-refractivity contribution in [1.29, 1.82) is 0 Å². The van der Waals surface area contributed by atoms with Crippen molar-refractivity contribution in [3.05, 3.63) is 28.8 Å². The van der Waals surface area contributed by atoms with Crippen molar-refractivity contribution in [3.63, 3.8) is 0 Å². The quantitative estimate of drug-likeness (QED) is 0.839. The summed E-state index contributed by atoms with van der Waals surface area (Å²) >= 11 is 0. The number of benzene rings is 1. The Kier molecular flexibility index (Phi) is 5.45. The molecule has 0 aliphatic rings. The summed E-state index contributed by atoms with van der Waals surface area (Å²) < 4.78 is 23.2. The van der Waals surface area contributed by atoms with Gasteiger partial charge in [0.25, 0.3) is 15.0 Å². The molecule has 0 saturated carbocycles. The molecule has 1 aromatic carbocycles. The average Bonchev–Trinajstić information content (AvgIpc) is 2.29. The van der Waals surface area contributed by atoms with Crippen molar-refractivity contribution < 1.29 is 13.2 Å². The molecule has 0 bridgehead atoms. The Morgan fingerprint density at radius 3 is 2.33 bits per heavy atom. The Bertz CT molecular complexity index is 651. The van der Waals surface area contributed by atoms with Crippen molar-refractivity contribution in [2.24, 2.45) is 0 Å². The number of halogens is 1. The van der Waals surface area contributed by atoms with Crippen LogP contribution in [0.1, 0.15) is 55.1 Å². The van der Waals surface area contributed by atoms with Gasteiger partial charge in [-0.3, -0.25) is 4.79 Å². The van der Waals surface area contributed by atoms with Gasteiger partial charge in [-0.25, -0.2) is 8.42 Å². The molecule has 6 heteroatoms. The van der Waals surface area contributed by atoms with Gasteiger partial charge < -0.3 is 5.32 Å². The number of hydrogen-bond acceptors (Lipinski definition) is 3. The number of rotatable bonds is 5. The van der Waals surface area contributed by atoms with E-state index in [1.807, 2.05) is 20.8 Å². The van der Waals surface area contributed by atoms with Crippen molar-refractivity contribution in [3.8, 4) is 0 Å². The fourth-order valence-corrected chi connectivity index (χ4v) is 3.55. The van der Waals surface area contributed by atoms with Gasteiger partial charge in [0.2, 0.25) is 0 Å². The molecule has 0 radical (unpaired) electrons. The molecule has 0 unspecified atom stereocenters. The van der Waals surface area contributed by atoms with Gasteiger partial charge in [0.1, 0.15) is 0 Å². The molecule has 0 heterocycles. The standard InChI is InChI=1S/C15H22ClNO3S/c1-6-7-15(4,5)17-14(18)12-8-10(2)11(3)13(9-12)21(16,19)20/h8-9H,6-7H2,1-5H3,(H,17,18). The Hall–Kier alpha value is -1.07. The molecule has 1 amide bonds. The molecule has 0 saturated heterocycles. The van der Waals surface area contributed by atoms with Gasteiger partial charge in [0, 0.05) is 21.8 Å². The summed E-state index contributed by atoms with van der Waals surface area (Å²) in [4.78, 5) is 12.3. The van der Waals surface area contributed by atoms with E-state index in [1.165, 1.54) is 6.07 Å². The van der Waals surface area contributed by atoms with E-state index in [2.05, 4.69) is 5.32 Å². The van der Waals surface area contributed by atoms with Crippen LogP contribution in [0.15, 0.2) is 17.0 Å². The lowest BCUT2D eigenvalue weighted by atomic mass is 9.98. The van der Waals surface area contributed by atoms with Crippen molar-refractivity contribution in [2.75, 3.05) is 0 Å². The highest BCUT2D eigenvalue weighted by Crippen LogP contribution is 2.24. The first-order chi connectivity index (χ1) is 9.48. The van der Waals surface area contributed by atoms with Crippen LogP contribution in [0.2, 0.25) is 0 Å². The SMILES string of the molecule is CCCC(C)(C)NC(=O)c1cc(C)c(C)c(S(=O)(=O)Cl)c1. The van der Waals surface area contributed by atoms with Gasteiger partial charge >= 0.3 is 0 Å². The number of nitrogens with one attached hydrogen (secondary N) is 1. The van der Waals surface area contributed by atoms with Crippen LogP contribution < -0.4 is 5.32 Å². The zero-order chi connectivity index (χ0) is 16.4. The molecule has 118 valence electrons. The molecular weight excluding hydrogens is 310 g/mol. The maximum atomic E-state index is 12.3. The summed E-state index contributed by atoms with van der Waals surface area (Å²) in [5.74, 6) is -0.293.